The first-order valence-corrected chi connectivity index (χ1v) is 10.6. The molecule has 0 unspecified atom stereocenters. The first-order valence-electron chi connectivity index (χ1n) is 15.5. The summed E-state index contributed by atoms with van der Waals surface area (Å²) in [6.07, 6.45) is 0.902. The molecule has 0 aromatic heterocycles. The third-order valence-electron chi connectivity index (χ3n) is 3.96. The summed E-state index contributed by atoms with van der Waals surface area (Å²) < 4.78 is 151. The van der Waals surface area contributed by atoms with Crippen LogP contribution < -0.4 is 0 Å². The Morgan fingerprint density at radius 3 is 1.53 bits per heavy atom. The number of hydrogen-bond acceptors (Lipinski definition) is 1. The number of nitrogens with zero attached hydrogens (tertiary/aromatic N) is 1. The van der Waals surface area contributed by atoms with Crippen molar-refractivity contribution in [2.75, 3.05) is 0 Å². The van der Waals surface area contributed by atoms with Crippen molar-refractivity contribution in [1.29, 1.82) is 0 Å². The molecule has 0 N–H and O–H groups in total. The Labute approximate surface area is 149 Å². The van der Waals surface area contributed by atoms with Crippen molar-refractivity contribution in [3.8, 4) is 0 Å². The van der Waals surface area contributed by atoms with Crippen LogP contribution in [-0.4, -0.2) is 37.8 Å². The summed E-state index contributed by atoms with van der Waals surface area (Å²) in [7, 11) is -12.7. The van der Waals surface area contributed by atoms with Crippen molar-refractivity contribution in [3.05, 3.63) is 0 Å². The number of rotatable bonds is 3. The molecule has 0 aromatic carbocycles. The molecule has 1 fully saturated rings. The van der Waals surface area contributed by atoms with Crippen molar-refractivity contribution >= 4 is 21.9 Å². The first-order chi connectivity index (χ1) is 15.7. The van der Waals surface area contributed by atoms with Gasteiger partial charge in [-0.25, -0.2) is 0 Å². The minimum atomic E-state index is -6.35. The van der Waals surface area contributed by atoms with Gasteiger partial charge in [-0.15, -0.1) is 0 Å². The normalized spacial score (nSPS) is 42.3. The fourth-order valence-corrected chi connectivity index (χ4v) is 8.20. The van der Waals surface area contributed by atoms with Gasteiger partial charge in [0.25, 0.3) is 0 Å². The molecule has 0 spiro atoms. The monoisotopic (exact) mass is 315 g/mol. The predicted molar refractivity (Wildman–Crippen MR) is 96.3 cm³/mol. The third-order valence-corrected chi connectivity index (χ3v) is 8.72. The molecule has 0 atom stereocenters. The number of piperidine rings is 1. The maximum Gasteiger partial charge on any atom is 0.204 e. The van der Waals surface area contributed by atoms with Crippen molar-refractivity contribution in [1.82, 2.24) is 4.81 Å². The highest BCUT2D eigenvalue weighted by Gasteiger charge is 2.54. The summed E-state index contributed by atoms with van der Waals surface area (Å²) >= 11 is 0. The highest BCUT2D eigenvalue weighted by molar-refractivity contribution is 7.59. The van der Waals surface area contributed by atoms with Gasteiger partial charge in [-0.2, -0.15) is 0 Å². The van der Waals surface area contributed by atoms with Crippen LogP contribution in [0.2, 0.25) is 38.9 Å². The fraction of sp³-hybridized carbons (Fsp3) is 1.00. The molecular weight excluding hydrogens is 261 g/mol. The van der Waals surface area contributed by atoms with E-state index < -0.39 is 71.8 Å². The van der Waals surface area contributed by atoms with Gasteiger partial charge in [0, 0.05) is 51.6 Å². The van der Waals surface area contributed by atoms with Gasteiger partial charge >= 0.3 is 0 Å². The molecule has 0 amide bonds. The van der Waals surface area contributed by atoms with Crippen LogP contribution >= 0.6 is 0 Å². The molecule has 1 rings (SSSR count). The lowest BCUT2D eigenvalue weighted by Crippen LogP contribution is -2.77. The van der Waals surface area contributed by atoms with E-state index in [1.165, 1.54) is 27.7 Å². The quantitative estimate of drug-likeness (QED) is 0.673. The molecule has 0 saturated carbocycles. The summed E-state index contributed by atoms with van der Waals surface area (Å²) in [6.45, 7) is -17.3. The number of hydrogen-bond donors (Lipinski definition) is 0. The van der Waals surface area contributed by atoms with Crippen molar-refractivity contribution in [3.63, 3.8) is 0 Å². The smallest absolute Gasteiger partial charge is 0.204 e. The minimum Gasteiger partial charge on any atom is -0.337 e. The molecule has 112 valence electrons. The van der Waals surface area contributed by atoms with Gasteiger partial charge in [0.1, 0.15) is 0 Å². The van der Waals surface area contributed by atoms with Crippen molar-refractivity contribution in [2.24, 2.45) is 0 Å². The maximum atomic E-state index is 8.37. The van der Waals surface area contributed by atoms with Gasteiger partial charge in [0.2, 0.25) is 6.03 Å². The van der Waals surface area contributed by atoms with Crippen LogP contribution in [0.3, 0.4) is 0 Å². The highest BCUT2D eigenvalue weighted by atomic mass is 28.4. The van der Waals surface area contributed by atoms with E-state index >= 15 is 0 Å². The Kier molecular flexibility index (Phi) is 1.25. The minimum absolute atomic E-state index is 0.202. The molecule has 19 heavy (non-hydrogen) atoms. The Morgan fingerprint density at radius 1 is 0.842 bits per heavy atom. The van der Waals surface area contributed by atoms with E-state index in [-0.39, 0.29) is 12.8 Å². The average Bonchev–Trinajstić information content (AvgIpc) is 2.44. The van der Waals surface area contributed by atoms with Crippen LogP contribution in [0.5, 0.6) is 0 Å². The van der Waals surface area contributed by atoms with Crippen LogP contribution in [0.4, 0.5) is 0 Å². The zero-order valence-corrected chi connectivity index (χ0v) is 14.1. The van der Waals surface area contributed by atoms with E-state index in [2.05, 4.69) is 0 Å². The third kappa shape index (κ3) is 3.76. The Morgan fingerprint density at radius 2 is 1.21 bits per heavy atom. The molecule has 4 heteroatoms. The summed E-state index contributed by atoms with van der Waals surface area (Å²) in [5, 5.41) is 0. The Balaban J connectivity index is 4.89. The molecule has 1 nitrogen and oxygen atoms in total. The van der Waals surface area contributed by atoms with Gasteiger partial charge < -0.3 is 4.81 Å². The average molecular weight is 316 g/mol. The second kappa shape index (κ2) is 5.03. The van der Waals surface area contributed by atoms with Crippen LogP contribution in [0.1, 0.15) is 71.6 Å². The van der Waals surface area contributed by atoms with Crippen LogP contribution in [-0.2, 0) is 0 Å². The van der Waals surface area contributed by atoms with E-state index in [0.717, 1.165) is 4.81 Å². The summed E-state index contributed by atoms with van der Waals surface area (Å²) in [4.78, 5) is 1.10. The molecule has 0 radical (unpaired) electrons. The standard InChI is InChI=1S/C15H36BNSi2/c1-14(2)12-11-13-15(3,4)17(14)16(18(5,6)7)19(8,9)10/h11-13H2,1-10H3/i5D3,6D3,7D3,8D3,9D3,10D3. The summed E-state index contributed by atoms with van der Waals surface area (Å²) in [5.74, 6) is 0. The van der Waals surface area contributed by atoms with Crippen LogP contribution in [0.25, 0.3) is 0 Å². The van der Waals surface area contributed by atoms with E-state index in [4.69, 9.17) is 24.7 Å². The molecular formula is C15H36BNSi2. The second-order valence-corrected chi connectivity index (χ2v) is 11.8. The second-order valence-electron chi connectivity index (χ2n) is 6.87. The Bertz CT molecular complexity index is 693. The van der Waals surface area contributed by atoms with E-state index in [1.54, 1.807) is 0 Å². The zero-order valence-electron chi connectivity index (χ0n) is 30.1. The SMILES string of the molecule is [2H]C([2H])([2H])[Si](B(N1C(C)(C)CCCC1(C)C)[Si](C([2H])([2H])[2H])(C([2H])([2H])[2H])C([2H])([2H])[2H])(C([2H])([2H])[2H])C([2H])([2H])[2H]. The molecule has 1 heterocycles. The lowest BCUT2D eigenvalue weighted by molar-refractivity contribution is 0.0534. The van der Waals surface area contributed by atoms with E-state index in [0.29, 0.717) is 6.42 Å². The molecule has 1 aliphatic rings. The van der Waals surface area contributed by atoms with Crippen molar-refractivity contribution in [2.45, 2.75) is 96.9 Å². The largest absolute Gasteiger partial charge is 0.337 e. The lowest BCUT2D eigenvalue weighted by atomic mass is 9.76. The topological polar surface area (TPSA) is 3.24 Å². The highest BCUT2D eigenvalue weighted by Crippen LogP contribution is 2.42. The molecule has 0 bridgehead atoms. The summed E-state index contributed by atoms with van der Waals surface area (Å²) in [6, 6.07) is -2.76. The van der Waals surface area contributed by atoms with Crippen LogP contribution in [0, 0.1) is 0 Å². The predicted octanol–water partition coefficient (Wildman–Crippen LogP) is 4.85. The molecule has 1 aliphatic heterocycles. The van der Waals surface area contributed by atoms with Gasteiger partial charge in [-0.3, -0.25) is 0 Å². The van der Waals surface area contributed by atoms with E-state index in [9.17, 15) is 0 Å². The summed E-state index contributed by atoms with van der Waals surface area (Å²) in [5.41, 5.74) is -2.65. The lowest BCUT2D eigenvalue weighted by Gasteiger charge is -2.61. The first kappa shape index (κ1) is 4.73. The van der Waals surface area contributed by atoms with Gasteiger partial charge in [0.05, 0.1) is 0 Å². The molecule has 1 saturated heterocycles. The van der Waals surface area contributed by atoms with Gasteiger partial charge in [-0.1, -0.05) is 38.9 Å². The maximum absolute atomic E-state index is 8.37. The molecule has 0 aliphatic carbocycles. The fourth-order valence-electron chi connectivity index (χ4n) is 3.42. The van der Waals surface area contributed by atoms with Gasteiger partial charge in [-0.05, 0) is 47.0 Å². The Hall–Kier alpha value is 0.459. The van der Waals surface area contributed by atoms with Crippen LogP contribution in [0.15, 0.2) is 0 Å². The zero-order chi connectivity index (χ0) is 30.3. The molecule has 0 aromatic rings. The van der Waals surface area contributed by atoms with Gasteiger partial charge in [0.15, 0.2) is 0 Å². The van der Waals surface area contributed by atoms with Crippen molar-refractivity contribution < 1.29 is 24.7 Å². The van der Waals surface area contributed by atoms with E-state index in [1.807, 2.05) is 0 Å².